The number of aliphatic hydroxyl groups excluding tert-OH is 1. The lowest BCUT2D eigenvalue weighted by Crippen LogP contribution is -2.30. The van der Waals surface area contributed by atoms with E-state index in [0.717, 1.165) is 0 Å². The zero-order valence-corrected chi connectivity index (χ0v) is 8.71. The molecule has 0 heterocycles. The van der Waals surface area contributed by atoms with Crippen LogP contribution in [0, 0.1) is 10.1 Å². The molecule has 0 aromatic heterocycles. The van der Waals surface area contributed by atoms with Crippen LogP contribution in [0.4, 0.5) is 5.69 Å². The fraction of sp³-hybridized carbons (Fsp3) is 0.300. The van der Waals surface area contributed by atoms with E-state index in [1.165, 1.54) is 31.2 Å². The number of amides is 1. The van der Waals surface area contributed by atoms with Crippen molar-refractivity contribution in [2.75, 3.05) is 6.54 Å². The van der Waals surface area contributed by atoms with Gasteiger partial charge in [-0.3, -0.25) is 14.9 Å². The smallest absolute Gasteiger partial charge is 0.270 e. The van der Waals surface area contributed by atoms with Gasteiger partial charge in [-0.25, -0.2) is 0 Å². The maximum absolute atomic E-state index is 11.5. The second-order valence-corrected chi connectivity index (χ2v) is 3.37. The molecule has 1 atom stereocenters. The molecule has 0 aliphatic rings. The Morgan fingerprint density at radius 3 is 2.88 bits per heavy atom. The summed E-state index contributed by atoms with van der Waals surface area (Å²) in [4.78, 5) is 21.4. The zero-order chi connectivity index (χ0) is 12.1. The molecule has 0 radical (unpaired) electrons. The molecule has 1 rings (SSSR count). The number of nitrogens with zero attached hydrogens (tertiary/aromatic N) is 1. The third kappa shape index (κ3) is 3.32. The van der Waals surface area contributed by atoms with Crippen LogP contribution in [0.15, 0.2) is 24.3 Å². The average molecular weight is 224 g/mol. The van der Waals surface area contributed by atoms with Crippen LogP contribution in [0.5, 0.6) is 0 Å². The molecule has 1 aromatic rings. The minimum atomic E-state index is -0.650. The van der Waals surface area contributed by atoms with Gasteiger partial charge in [0.1, 0.15) is 0 Å². The Kier molecular flexibility index (Phi) is 3.96. The lowest BCUT2D eigenvalue weighted by Gasteiger charge is -2.06. The first-order chi connectivity index (χ1) is 7.50. The van der Waals surface area contributed by atoms with Crippen LogP contribution in [0.25, 0.3) is 0 Å². The number of nitro groups is 1. The van der Waals surface area contributed by atoms with E-state index in [1.54, 1.807) is 0 Å². The van der Waals surface area contributed by atoms with Crippen LogP contribution < -0.4 is 5.32 Å². The van der Waals surface area contributed by atoms with E-state index in [1.807, 2.05) is 0 Å². The molecule has 0 bridgehead atoms. The number of hydrogen-bond acceptors (Lipinski definition) is 4. The van der Waals surface area contributed by atoms with Gasteiger partial charge >= 0.3 is 0 Å². The molecule has 86 valence electrons. The number of rotatable bonds is 4. The van der Waals surface area contributed by atoms with Gasteiger partial charge in [-0.15, -0.1) is 0 Å². The second kappa shape index (κ2) is 5.22. The quantitative estimate of drug-likeness (QED) is 0.581. The van der Waals surface area contributed by atoms with Crippen molar-refractivity contribution in [1.29, 1.82) is 0 Å². The van der Waals surface area contributed by atoms with Crippen molar-refractivity contribution in [2.45, 2.75) is 13.0 Å². The van der Waals surface area contributed by atoms with E-state index in [-0.39, 0.29) is 17.8 Å². The first-order valence-electron chi connectivity index (χ1n) is 4.71. The molecule has 1 aromatic carbocycles. The molecular weight excluding hydrogens is 212 g/mol. The standard InChI is InChI=1S/C10H12N2O4/c1-7(13)6-11-10(14)8-3-2-4-9(5-8)12(15)16/h2-5,7,13H,6H2,1H3,(H,11,14)/t7-/m0/s1. The van der Waals surface area contributed by atoms with Crippen molar-refractivity contribution in [3.05, 3.63) is 39.9 Å². The Morgan fingerprint density at radius 2 is 2.31 bits per heavy atom. The second-order valence-electron chi connectivity index (χ2n) is 3.37. The molecule has 16 heavy (non-hydrogen) atoms. The van der Waals surface area contributed by atoms with E-state index < -0.39 is 16.9 Å². The van der Waals surface area contributed by atoms with E-state index in [0.29, 0.717) is 0 Å². The molecule has 0 unspecified atom stereocenters. The molecule has 2 N–H and O–H groups in total. The summed E-state index contributed by atoms with van der Waals surface area (Å²) in [5.74, 6) is -0.440. The number of nitrogens with one attached hydrogen (secondary N) is 1. The number of aliphatic hydroxyl groups is 1. The van der Waals surface area contributed by atoms with Gasteiger partial charge in [0.25, 0.3) is 11.6 Å². The molecule has 0 aliphatic carbocycles. The van der Waals surface area contributed by atoms with Crippen molar-refractivity contribution in [1.82, 2.24) is 5.32 Å². The van der Waals surface area contributed by atoms with Crippen molar-refractivity contribution in [2.24, 2.45) is 0 Å². The van der Waals surface area contributed by atoms with Crippen molar-refractivity contribution >= 4 is 11.6 Å². The van der Waals surface area contributed by atoms with Gasteiger partial charge in [0, 0.05) is 24.2 Å². The first kappa shape index (κ1) is 12.1. The SMILES string of the molecule is C[C@H](O)CNC(=O)c1cccc([N+](=O)[O-])c1. The summed E-state index contributed by atoms with van der Waals surface area (Å²) in [5.41, 5.74) is 0.0690. The minimum absolute atomic E-state index is 0.113. The number of benzene rings is 1. The predicted octanol–water partition coefficient (Wildman–Crippen LogP) is 0.705. The zero-order valence-electron chi connectivity index (χ0n) is 8.71. The fourth-order valence-electron chi connectivity index (χ4n) is 1.10. The van der Waals surface area contributed by atoms with E-state index in [9.17, 15) is 14.9 Å². The van der Waals surface area contributed by atoms with Crippen LogP contribution in [0.2, 0.25) is 0 Å². The number of non-ortho nitro benzene ring substituents is 1. The third-order valence-corrected chi connectivity index (χ3v) is 1.88. The lowest BCUT2D eigenvalue weighted by molar-refractivity contribution is -0.384. The van der Waals surface area contributed by atoms with Crippen molar-refractivity contribution in [3.63, 3.8) is 0 Å². The Labute approximate surface area is 92.0 Å². The molecular formula is C10H12N2O4. The van der Waals surface area contributed by atoms with Gasteiger partial charge in [-0.05, 0) is 13.0 Å². The fourth-order valence-corrected chi connectivity index (χ4v) is 1.10. The van der Waals surface area contributed by atoms with Crippen molar-refractivity contribution < 1.29 is 14.8 Å². The van der Waals surface area contributed by atoms with E-state index in [4.69, 9.17) is 5.11 Å². The molecule has 0 fully saturated rings. The lowest BCUT2D eigenvalue weighted by atomic mass is 10.2. The molecule has 0 saturated carbocycles. The average Bonchev–Trinajstić information content (AvgIpc) is 2.26. The summed E-state index contributed by atoms with van der Waals surface area (Å²) in [6, 6.07) is 5.42. The predicted molar refractivity (Wildman–Crippen MR) is 57.1 cm³/mol. The number of carbonyl (C=O) groups is 1. The maximum Gasteiger partial charge on any atom is 0.270 e. The largest absolute Gasteiger partial charge is 0.392 e. The van der Waals surface area contributed by atoms with Gasteiger partial charge < -0.3 is 10.4 Å². The van der Waals surface area contributed by atoms with Crippen LogP contribution in [-0.2, 0) is 0 Å². The monoisotopic (exact) mass is 224 g/mol. The highest BCUT2D eigenvalue weighted by Crippen LogP contribution is 2.12. The normalized spacial score (nSPS) is 11.9. The number of carbonyl (C=O) groups excluding carboxylic acids is 1. The summed E-state index contributed by atoms with van der Waals surface area (Å²) < 4.78 is 0. The third-order valence-electron chi connectivity index (χ3n) is 1.88. The Morgan fingerprint density at radius 1 is 1.62 bits per heavy atom. The maximum atomic E-state index is 11.5. The first-order valence-corrected chi connectivity index (χ1v) is 4.71. The van der Waals surface area contributed by atoms with E-state index >= 15 is 0 Å². The van der Waals surface area contributed by atoms with Gasteiger partial charge in [0.05, 0.1) is 11.0 Å². The van der Waals surface area contributed by atoms with E-state index in [2.05, 4.69) is 5.32 Å². The van der Waals surface area contributed by atoms with Gasteiger partial charge in [0.2, 0.25) is 0 Å². The summed E-state index contributed by atoms with van der Waals surface area (Å²) in [6.45, 7) is 1.65. The molecule has 0 spiro atoms. The number of hydrogen-bond donors (Lipinski definition) is 2. The summed E-state index contributed by atoms with van der Waals surface area (Å²) >= 11 is 0. The summed E-state index contributed by atoms with van der Waals surface area (Å²) in [7, 11) is 0. The highest BCUT2D eigenvalue weighted by atomic mass is 16.6. The molecule has 6 heteroatoms. The Hall–Kier alpha value is -1.95. The van der Waals surface area contributed by atoms with Crippen LogP contribution in [-0.4, -0.2) is 28.6 Å². The van der Waals surface area contributed by atoms with Crippen LogP contribution >= 0.6 is 0 Å². The highest BCUT2D eigenvalue weighted by molar-refractivity contribution is 5.94. The highest BCUT2D eigenvalue weighted by Gasteiger charge is 2.11. The molecule has 0 aliphatic heterocycles. The Bertz CT molecular complexity index is 404. The molecule has 1 amide bonds. The van der Waals surface area contributed by atoms with Gasteiger partial charge in [0.15, 0.2) is 0 Å². The van der Waals surface area contributed by atoms with Gasteiger partial charge in [-0.2, -0.15) is 0 Å². The number of nitro benzene ring substituents is 1. The minimum Gasteiger partial charge on any atom is -0.392 e. The molecule has 0 saturated heterocycles. The summed E-state index contributed by atoms with van der Waals surface area (Å²) in [6.07, 6.45) is -0.650. The van der Waals surface area contributed by atoms with Crippen LogP contribution in [0.3, 0.4) is 0 Å². The van der Waals surface area contributed by atoms with Gasteiger partial charge in [-0.1, -0.05) is 6.07 Å². The molecule has 6 nitrogen and oxygen atoms in total. The van der Waals surface area contributed by atoms with Crippen LogP contribution in [0.1, 0.15) is 17.3 Å². The Balaban J connectivity index is 2.76. The summed E-state index contributed by atoms with van der Waals surface area (Å²) in [5, 5.41) is 21.9. The van der Waals surface area contributed by atoms with Crippen molar-refractivity contribution in [3.8, 4) is 0 Å². The topological polar surface area (TPSA) is 92.5 Å².